The van der Waals surface area contributed by atoms with Crippen molar-refractivity contribution in [2.45, 2.75) is 41.0 Å². The van der Waals surface area contributed by atoms with Crippen LogP contribution in [0.3, 0.4) is 0 Å². The SMILES string of the molecule is CCC(C)C(C)(C)C(=O)C(C)=O. The maximum absolute atomic E-state index is 11.4. The number of hydrogen-bond donors (Lipinski definition) is 0. The molecule has 0 aliphatic heterocycles. The summed E-state index contributed by atoms with van der Waals surface area (Å²) >= 11 is 0. The maximum atomic E-state index is 11.4. The predicted octanol–water partition coefficient (Wildman–Crippen LogP) is 2.22. The molecule has 0 aliphatic rings. The first-order valence-electron chi connectivity index (χ1n) is 4.39. The van der Waals surface area contributed by atoms with Crippen LogP contribution in [0.1, 0.15) is 41.0 Å². The molecule has 0 fully saturated rings. The number of hydrogen-bond acceptors (Lipinski definition) is 2. The van der Waals surface area contributed by atoms with Gasteiger partial charge in [0.05, 0.1) is 0 Å². The van der Waals surface area contributed by atoms with Gasteiger partial charge in [0.15, 0.2) is 5.78 Å². The van der Waals surface area contributed by atoms with Crippen molar-refractivity contribution in [1.29, 1.82) is 0 Å². The summed E-state index contributed by atoms with van der Waals surface area (Å²) in [6.45, 7) is 9.04. The van der Waals surface area contributed by atoms with Gasteiger partial charge in [0.1, 0.15) is 0 Å². The van der Waals surface area contributed by atoms with Crippen LogP contribution >= 0.6 is 0 Å². The molecule has 0 N–H and O–H groups in total. The summed E-state index contributed by atoms with van der Waals surface area (Å²) in [6, 6.07) is 0. The number of Topliss-reactive ketones (excluding diaryl/α,β-unsaturated/α-hetero) is 2. The van der Waals surface area contributed by atoms with Crippen LogP contribution in [0.2, 0.25) is 0 Å². The van der Waals surface area contributed by atoms with Crippen LogP contribution in [0, 0.1) is 11.3 Å². The Bertz CT molecular complexity index is 192. The zero-order chi connectivity index (χ0) is 9.94. The van der Waals surface area contributed by atoms with E-state index in [1.807, 2.05) is 27.7 Å². The van der Waals surface area contributed by atoms with E-state index in [1.54, 1.807) is 0 Å². The van der Waals surface area contributed by atoms with E-state index in [1.165, 1.54) is 6.92 Å². The van der Waals surface area contributed by atoms with Crippen molar-refractivity contribution in [2.24, 2.45) is 11.3 Å². The van der Waals surface area contributed by atoms with Gasteiger partial charge in [0.2, 0.25) is 5.78 Å². The second kappa shape index (κ2) is 3.83. The molecule has 0 aromatic heterocycles. The lowest BCUT2D eigenvalue weighted by atomic mass is 9.74. The highest BCUT2D eigenvalue weighted by Crippen LogP contribution is 2.30. The summed E-state index contributed by atoms with van der Waals surface area (Å²) in [7, 11) is 0. The van der Waals surface area contributed by atoms with Crippen molar-refractivity contribution >= 4 is 11.6 Å². The van der Waals surface area contributed by atoms with Gasteiger partial charge in [-0.2, -0.15) is 0 Å². The highest BCUT2D eigenvalue weighted by atomic mass is 16.2. The molecule has 2 nitrogen and oxygen atoms in total. The molecule has 0 spiro atoms. The fraction of sp³-hybridized carbons (Fsp3) is 0.800. The fourth-order valence-electron chi connectivity index (χ4n) is 1.19. The Morgan fingerprint density at radius 3 is 2.00 bits per heavy atom. The minimum Gasteiger partial charge on any atom is -0.291 e. The Morgan fingerprint density at radius 2 is 1.75 bits per heavy atom. The van der Waals surface area contributed by atoms with Crippen molar-refractivity contribution in [1.82, 2.24) is 0 Å². The molecule has 0 bridgehead atoms. The van der Waals surface area contributed by atoms with Gasteiger partial charge in [-0.25, -0.2) is 0 Å². The van der Waals surface area contributed by atoms with Crippen LogP contribution in [0.4, 0.5) is 0 Å². The molecule has 1 unspecified atom stereocenters. The summed E-state index contributed by atoms with van der Waals surface area (Å²) in [5, 5.41) is 0. The number of carbonyl (C=O) groups is 2. The summed E-state index contributed by atoms with van der Waals surface area (Å²) in [6.07, 6.45) is 0.923. The van der Waals surface area contributed by atoms with Crippen molar-refractivity contribution in [3.63, 3.8) is 0 Å². The monoisotopic (exact) mass is 170 g/mol. The summed E-state index contributed by atoms with van der Waals surface area (Å²) in [5.41, 5.74) is -0.499. The lowest BCUT2D eigenvalue weighted by Crippen LogP contribution is -2.35. The quantitative estimate of drug-likeness (QED) is 0.606. The molecule has 12 heavy (non-hydrogen) atoms. The standard InChI is InChI=1S/C10H18O2/c1-6-7(2)10(4,5)9(12)8(3)11/h7H,6H2,1-5H3. The fourth-order valence-corrected chi connectivity index (χ4v) is 1.19. The number of rotatable bonds is 4. The lowest BCUT2D eigenvalue weighted by molar-refractivity contribution is -0.142. The average molecular weight is 170 g/mol. The van der Waals surface area contributed by atoms with Crippen molar-refractivity contribution < 1.29 is 9.59 Å². The summed E-state index contributed by atoms with van der Waals surface area (Å²) in [5.74, 6) is -0.328. The van der Waals surface area contributed by atoms with Gasteiger partial charge in [0.25, 0.3) is 0 Å². The first-order chi connectivity index (χ1) is 5.34. The molecule has 0 saturated carbocycles. The normalized spacial score (nSPS) is 14.1. The first-order valence-corrected chi connectivity index (χ1v) is 4.39. The smallest absolute Gasteiger partial charge is 0.203 e. The third-order valence-corrected chi connectivity index (χ3v) is 2.75. The van der Waals surface area contributed by atoms with Crippen molar-refractivity contribution in [3.8, 4) is 0 Å². The van der Waals surface area contributed by atoms with E-state index < -0.39 is 5.41 Å². The first kappa shape index (κ1) is 11.3. The van der Waals surface area contributed by atoms with E-state index in [9.17, 15) is 9.59 Å². The molecular weight excluding hydrogens is 152 g/mol. The molecule has 0 saturated heterocycles. The van der Waals surface area contributed by atoms with E-state index in [4.69, 9.17) is 0 Å². The molecule has 0 rings (SSSR count). The Hall–Kier alpha value is -0.660. The maximum Gasteiger partial charge on any atom is 0.203 e. The Morgan fingerprint density at radius 1 is 1.33 bits per heavy atom. The second-order valence-electron chi connectivity index (χ2n) is 3.92. The van der Waals surface area contributed by atoms with Gasteiger partial charge in [-0.1, -0.05) is 34.1 Å². The molecule has 0 aromatic rings. The zero-order valence-corrected chi connectivity index (χ0v) is 8.60. The van der Waals surface area contributed by atoms with Crippen LogP contribution in [0.5, 0.6) is 0 Å². The van der Waals surface area contributed by atoms with E-state index in [0.29, 0.717) is 0 Å². The molecule has 70 valence electrons. The molecule has 2 heteroatoms. The predicted molar refractivity (Wildman–Crippen MR) is 48.9 cm³/mol. The summed E-state index contributed by atoms with van der Waals surface area (Å²) < 4.78 is 0. The minimum absolute atomic E-state index is 0.253. The van der Waals surface area contributed by atoms with Crippen LogP contribution < -0.4 is 0 Å². The molecule has 0 aliphatic carbocycles. The van der Waals surface area contributed by atoms with E-state index >= 15 is 0 Å². The zero-order valence-electron chi connectivity index (χ0n) is 8.60. The van der Waals surface area contributed by atoms with Gasteiger partial charge in [-0.05, 0) is 5.92 Å². The van der Waals surface area contributed by atoms with E-state index in [2.05, 4.69) is 0 Å². The highest BCUT2D eigenvalue weighted by Gasteiger charge is 2.34. The van der Waals surface area contributed by atoms with Crippen molar-refractivity contribution in [2.75, 3.05) is 0 Å². The Kier molecular flexibility index (Phi) is 3.62. The van der Waals surface area contributed by atoms with Crippen molar-refractivity contribution in [3.05, 3.63) is 0 Å². The molecule has 1 atom stereocenters. The minimum atomic E-state index is -0.499. The molecule has 0 heterocycles. The lowest BCUT2D eigenvalue weighted by Gasteiger charge is -2.28. The van der Waals surface area contributed by atoms with Gasteiger partial charge >= 0.3 is 0 Å². The van der Waals surface area contributed by atoms with Crippen LogP contribution in [0.15, 0.2) is 0 Å². The summed E-state index contributed by atoms with van der Waals surface area (Å²) in [4.78, 5) is 22.3. The van der Waals surface area contributed by atoms with E-state index in [-0.39, 0.29) is 17.5 Å². The molecule has 0 aromatic carbocycles. The largest absolute Gasteiger partial charge is 0.291 e. The molecule has 0 radical (unpaired) electrons. The van der Waals surface area contributed by atoms with Gasteiger partial charge in [-0.3, -0.25) is 9.59 Å². The third-order valence-electron chi connectivity index (χ3n) is 2.75. The van der Waals surface area contributed by atoms with E-state index in [0.717, 1.165) is 6.42 Å². The third kappa shape index (κ3) is 2.16. The van der Waals surface area contributed by atoms with Crippen LogP contribution in [0.25, 0.3) is 0 Å². The average Bonchev–Trinajstić information content (AvgIpc) is 2.01. The Balaban J connectivity index is 4.60. The molecular formula is C10H18O2. The molecule has 0 amide bonds. The topological polar surface area (TPSA) is 34.1 Å². The van der Waals surface area contributed by atoms with Gasteiger partial charge in [0, 0.05) is 12.3 Å². The highest BCUT2D eigenvalue weighted by molar-refractivity contribution is 6.38. The number of carbonyl (C=O) groups excluding carboxylic acids is 2. The van der Waals surface area contributed by atoms with Crippen LogP contribution in [-0.4, -0.2) is 11.6 Å². The van der Waals surface area contributed by atoms with Gasteiger partial charge in [-0.15, -0.1) is 0 Å². The second-order valence-corrected chi connectivity index (χ2v) is 3.92. The Labute approximate surface area is 74.3 Å². The number of ketones is 2. The van der Waals surface area contributed by atoms with Crippen LogP contribution in [-0.2, 0) is 9.59 Å². The van der Waals surface area contributed by atoms with Gasteiger partial charge < -0.3 is 0 Å².